The number of rotatable bonds is 3. The van der Waals surface area contributed by atoms with E-state index < -0.39 is 0 Å². The maximum atomic E-state index is 12.9. The Hall–Kier alpha value is -0.0800. The van der Waals surface area contributed by atoms with Crippen molar-refractivity contribution in [3.05, 3.63) is 34.6 Å². The Morgan fingerprint density at radius 2 is 2.14 bits per heavy atom. The Labute approximate surface area is 96.6 Å². The normalized spacial score (nSPS) is 18.2. The zero-order valence-electron chi connectivity index (χ0n) is 7.69. The van der Waals surface area contributed by atoms with Crippen LogP contribution >= 0.6 is 27.5 Å². The molecular weight excluding hydrogens is 266 g/mol. The van der Waals surface area contributed by atoms with Gasteiger partial charge in [0.25, 0.3) is 0 Å². The van der Waals surface area contributed by atoms with Gasteiger partial charge < -0.3 is 0 Å². The summed E-state index contributed by atoms with van der Waals surface area (Å²) in [5.41, 5.74) is 1.55. The maximum Gasteiger partial charge on any atom is 0.141 e. The van der Waals surface area contributed by atoms with E-state index in [1.54, 1.807) is 6.07 Å². The molecule has 0 heterocycles. The Kier molecular flexibility index (Phi) is 2.85. The molecule has 0 radical (unpaired) electrons. The highest BCUT2D eigenvalue weighted by Gasteiger charge is 2.41. The Balaban J connectivity index is 2.14. The van der Waals surface area contributed by atoms with Gasteiger partial charge in [-0.3, -0.25) is 0 Å². The quantitative estimate of drug-likeness (QED) is 0.727. The van der Waals surface area contributed by atoms with Crippen LogP contribution in [0.2, 0.25) is 5.02 Å². The van der Waals surface area contributed by atoms with Gasteiger partial charge >= 0.3 is 0 Å². The van der Waals surface area contributed by atoms with Gasteiger partial charge in [0.15, 0.2) is 0 Å². The highest BCUT2D eigenvalue weighted by molar-refractivity contribution is 9.09. The number of hydrogen-bond acceptors (Lipinski definition) is 0. The number of benzene rings is 1. The third-order valence-corrected chi connectivity index (χ3v) is 4.28. The molecule has 1 aliphatic carbocycles. The van der Waals surface area contributed by atoms with Crippen molar-refractivity contribution in [3.8, 4) is 0 Å². The predicted octanol–water partition coefficient (Wildman–Crippen LogP) is 4.20. The molecule has 0 spiro atoms. The van der Waals surface area contributed by atoms with Crippen molar-refractivity contribution in [2.24, 2.45) is 5.41 Å². The van der Waals surface area contributed by atoms with E-state index in [1.165, 1.54) is 18.9 Å². The first kappa shape index (κ1) is 10.4. The first-order valence-electron chi connectivity index (χ1n) is 4.65. The van der Waals surface area contributed by atoms with Crippen LogP contribution in [0, 0.1) is 11.2 Å². The molecule has 1 aromatic carbocycles. The van der Waals surface area contributed by atoms with Crippen molar-refractivity contribution >= 4 is 27.5 Å². The highest BCUT2D eigenvalue weighted by Crippen LogP contribution is 2.49. The number of hydrogen-bond donors (Lipinski definition) is 0. The number of halogens is 3. The zero-order valence-corrected chi connectivity index (χ0v) is 10.0. The molecule has 1 aromatic rings. The largest absolute Gasteiger partial charge is 0.205 e. The number of alkyl halides is 1. The fraction of sp³-hybridized carbons (Fsp3) is 0.455. The topological polar surface area (TPSA) is 0 Å². The molecule has 0 saturated heterocycles. The van der Waals surface area contributed by atoms with Crippen molar-refractivity contribution in [1.29, 1.82) is 0 Å². The minimum Gasteiger partial charge on any atom is -0.205 e. The standard InChI is InChI=1S/C11H11BrClF/c12-7-11(3-4-11)6-8-1-2-10(14)9(13)5-8/h1-2,5H,3-4,6-7H2. The lowest BCUT2D eigenvalue weighted by molar-refractivity contribution is 0.583. The van der Waals surface area contributed by atoms with Gasteiger partial charge in [-0.05, 0) is 42.4 Å². The summed E-state index contributed by atoms with van der Waals surface area (Å²) in [6.45, 7) is 0. The van der Waals surface area contributed by atoms with Crippen molar-refractivity contribution in [3.63, 3.8) is 0 Å². The summed E-state index contributed by atoms with van der Waals surface area (Å²) in [4.78, 5) is 0. The maximum absolute atomic E-state index is 12.9. The second-order valence-corrected chi connectivity index (χ2v) is 5.03. The third kappa shape index (κ3) is 2.12. The summed E-state index contributed by atoms with van der Waals surface area (Å²) >= 11 is 9.24. The lowest BCUT2D eigenvalue weighted by Gasteiger charge is -2.11. The molecule has 1 aliphatic rings. The van der Waals surface area contributed by atoms with Gasteiger partial charge in [-0.1, -0.05) is 33.6 Å². The van der Waals surface area contributed by atoms with E-state index in [0.29, 0.717) is 5.41 Å². The molecule has 0 aromatic heterocycles. The van der Waals surface area contributed by atoms with E-state index in [2.05, 4.69) is 15.9 Å². The predicted molar refractivity (Wildman–Crippen MR) is 60.6 cm³/mol. The molecule has 3 heteroatoms. The second kappa shape index (κ2) is 3.82. The Morgan fingerprint density at radius 3 is 2.64 bits per heavy atom. The van der Waals surface area contributed by atoms with Crippen LogP contribution in [0.3, 0.4) is 0 Å². The van der Waals surface area contributed by atoms with Gasteiger partial charge in [-0.25, -0.2) is 4.39 Å². The molecule has 2 rings (SSSR count). The first-order chi connectivity index (χ1) is 6.65. The summed E-state index contributed by atoms with van der Waals surface area (Å²) in [7, 11) is 0. The smallest absolute Gasteiger partial charge is 0.141 e. The molecule has 0 unspecified atom stereocenters. The summed E-state index contributed by atoms with van der Waals surface area (Å²) in [5.74, 6) is -0.334. The lowest BCUT2D eigenvalue weighted by Crippen LogP contribution is -2.06. The van der Waals surface area contributed by atoms with Gasteiger partial charge in [0.2, 0.25) is 0 Å². The van der Waals surface area contributed by atoms with Crippen molar-refractivity contribution in [1.82, 2.24) is 0 Å². The summed E-state index contributed by atoms with van der Waals surface area (Å²) in [6, 6.07) is 5.01. The van der Waals surface area contributed by atoms with Crippen LogP contribution < -0.4 is 0 Å². The lowest BCUT2D eigenvalue weighted by atomic mass is 9.99. The minimum atomic E-state index is -0.334. The average Bonchev–Trinajstić information content (AvgIpc) is 2.93. The molecule has 0 bridgehead atoms. The monoisotopic (exact) mass is 276 g/mol. The Morgan fingerprint density at radius 1 is 1.43 bits per heavy atom. The fourth-order valence-corrected chi connectivity index (χ4v) is 2.58. The van der Waals surface area contributed by atoms with Crippen LogP contribution in [-0.2, 0) is 6.42 Å². The van der Waals surface area contributed by atoms with Gasteiger partial charge in [0, 0.05) is 5.33 Å². The Bertz CT molecular complexity index is 347. The van der Waals surface area contributed by atoms with Crippen molar-refractivity contribution < 1.29 is 4.39 Å². The SMILES string of the molecule is Fc1ccc(CC2(CBr)CC2)cc1Cl. The van der Waals surface area contributed by atoms with Crippen LogP contribution in [0.1, 0.15) is 18.4 Å². The van der Waals surface area contributed by atoms with Crippen molar-refractivity contribution in [2.45, 2.75) is 19.3 Å². The van der Waals surface area contributed by atoms with Crippen LogP contribution in [0.4, 0.5) is 4.39 Å². The molecule has 14 heavy (non-hydrogen) atoms. The van der Waals surface area contributed by atoms with E-state index in [-0.39, 0.29) is 10.8 Å². The van der Waals surface area contributed by atoms with Crippen LogP contribution in [0.25, 0.3) is 0 Å². The van der Waals surface area contributed by atoms with Crippen molar-refractivity contribution in [2.75, 3.05) is 5.33 Å². The summed E-state index contributed by atoms with van der Waals surface area (Å²) < 4.78 is 12.9. The molecule has 0 N–H and O–H groups in total. The van der Waals surface area contributed by atoms with Gasteiger partial charge in [-0.2, -0.15) is 0 Å². The highest BCUT2D eigenvalue weighted by atomic mass is 79.9. The van der Waals surface area contributed by atoms with Gasteiger partial charge in [-0.15, -0.1) is 0 Å². The molecule has 1 fully saturated rings. The second-order valence-electron chi connectivity index (χ2n) is 4.06. The first-order valence-corrected chi connectivity index (χ1v) is 6.15. The van der Waals surface area contributed by atoms with E-state index in [0.717, 1.165) is 17.3 Å². The molecule has 0 amide bonds. The summed E-state index contributed by atoms with van der Waals surface area (Å²) in [6.07, 6.45) is 3.51. The summed E-state index contributed by atoms with van der Waals surface area (Å²) in [5, 5.41) is 1.25. The minimum absolute atomic E-state index is 0.230. The van der Waals surface area contributed by atoms with Crippen LogP contribution in [0.15, 0.2) is 18.2 Å². The molecule has 0 aliphatic heterocycles. The van der Waals surface area contributed by atoms with E-state index in [1.807, 2.05) is 6.07 Å². The van der Waals surface area contributed by atoms with Crippen LogP contribution in [-0.4, -0.2) is 5.33 Å². The molecule has 0 nitrogen and oxygen atoms in total. The van der Waals surface area contributed by atoms with Gasteiger partial charge in [0.05, 0.1) is 5.02 Å². The van der Waals surface area contributed by atoms with E-state index in [4.69, 9.17) is 11.6 Å². The molecule has 1 saturated carbocycles. The molecular formula is C11H11BrClF. The zero-order chi connectivity index (χ0) is 10.2. The van der Waals surface area contributed by atoms with Crippen LogP contribution in [0.5, 0.6) is 0 Å². The van der Waals surface area contributed by atoms with E-state index in [9.17, 15) is 4.39 Å². The average molecular weight is 278 g/mol. The third-order valence-electron chi connectivity index (χ3n) is 2.80. The fourth-order valence-electron chi connectivity index (χ4n) is 1.62. The van der Waals surface area contributed by atoms with E-state index >= 15 is 0 Å². The van der Waals surface area contributed by atoms with Gasteiger partial charge in [0.1, 0.15) is 5.82 Å². The molecule has 76 valence electrons. The molecule has 0 atom stereocenters.